The van der Waals surface area contributed by atoms with Crippen LogP contribution in [0.2, 0.25) is 5.02 Å². The molecule has 0 aromatic carbocycles. The first-order chi connectivity index (χ1) is 8.38. The van der Waals surface area contributed by atoms with Crippen molar-refractivity contribution in [1.29, 1.82) is 0 Å². The minimum atomic E-state index is -0.365. The van der Waals surface area contributed by atoms with Crippen LogP contribution in [0.5, 0.6) is 0 Å². The largest absolute Gasteiger partial charge is 0.384 e. The quantitative estimate of drug-likeness (QED) is 0.815. The predicted octanol–water partition coefficient (Wildman–Crippen LogP) is 1.26. The van der Waals surface area contributed by atoms with Crippen molar-refractivity contribution in [3.05, 3.63) is 22.8 Å². The Morgan fingerprint density at radius 2 is 2.17 bits per heavy atom. The molecule has 0 saturated heterocycles. The van der Waals surface area contributed by atoms with Crippen molar-refractivity contribution in [2.75, 3.05) is 18.8 Å². The van der Waals surface area contributed by atoms with Gasteiger partial charge in [0.15, 0.2) is 0 Å². The number of aromatic nitrogens is 1. The summed E-state index contributed by atoms with van der Waals surface area (Å²) in [5.41, 5.74) is 11.5. The van der Waals surface area contributed by atoms with Gasteiger partial charge in [0.25, 0.3) is 0 Å². The second-order valence-corrected chi connectivity index (χ2v) is 5.10. The third-order valence-corrected chi connectivity index (χ3v) is 2.66. The molecule has 5 nitrogen and oxygen atoms in total. The molecule has 0 aliphatic heterocycles. The number of hydrogen-bond acceptors (Lipinski definition) is 4. The first-order valence-corrected chi connectivity index (χ1v) is 6.18. The lowest BCUT2D eigenvalue weighted by Gasteiger charge is -2.22. The maximum Gasteiger partial charge on any atom is 0.231 e. The number of hydrogen-bond donors (Lipinski definition) is 2. The molecule has 0 aliphatic carbocycles. The van der Waals surface area contributed by atoms with Crippen molar-refractivity contribution in [3.8, 4) is 0 Å². The van der Waals surface area contributed by atoms with Gasteiger partial charge in [0.2, 0.25) is 5.91 Å². The summed E-state index contributed by atoms with van der Waals surface area (Å²) in [6, 6.07) is 3.35. The number of primary amides is 1. The number of nitrogen functional groups attached to an aromatic ring is 1. The van der Waals surface area contributed by atoms with Gasteiger partial charge in [-0.05, 0) is 18.1 Å². The van der Waals surface area contributed by atoms with E-state index in [-0.39, 0.29) is 12.5 Å². The SMILES string of the molecule is CC(C)CN(CC(N)=O)Cc1nc(N)ccc1Cl. The lowest BCUT2D eigenvalue weighted by Crippen LogP contribution is -2.36. The minimum absolute atomic E-state index is 0.186. The second kappa shape index (κ2) is 6.56. The molecule has 0 radical (unpaired) electrons. The highest BCUT2D eigenvalue weighted by atomic mass is 35.5. The molecule has 1 amide bonds. The van der Waals surface area contributed by atoms with Gasteiger partial charge < -0.3 is 11.5 Å². The van der Waals surface area contributed by atoms with E-state index < -0.39 is 0 Å². The Bertz CT molecular complexity index is 423. The molecule has 0 spiro atoms. The molecule has 0 unspecified atom stereocenters. The molecule has 18 heavy (non-hydrogen) atoms. The van der Waals surface area contributed by atoms with Crippen LogP contribution in [0.25, 0.3) is 0 Å². The molecule has 1 aromatic rings. The van der Waals surface area contributed by atoms with E-state index in [0.29, 0.717) is 29.0 Å². The zero-order valence-electron chi connectivity index (χ0n) is 10.7. The summed E-state index contributed by atoms with van der Waals surface area (Å²) in [6.45, 7) is 5.54. The number of nitrogens with two attached hydrogens (primary N) is 2. The molecule has 0 aliphatic rings. The van der Waals surface area contributed by atoms with Crippen LogP contribution in [0.3, 0.4) is 0 Å². The molecule has 0 fully saturated rings. The molecule has 6 heteroatoms. The molecule has 0 bridgehead atoms. The number of carbonyl (C=O) groups excluding carboxylic acids is 1. The van der Waals surface area contributed by atoms with E-state index in [9.17, 15) is 4.79 Å². The number of rotatable bonds is 6. The van der Waals surface area contributed by atoms with Crippen molar-refractivity contribution in [2.24, 2.45) is 11.7 Å². The maximum absolute atomic E-state index is 11.0. The van der Waals surface area contributed by atoms with E-state index in [1.807, 2.05) is 4.90 Å². The Labute approximate surface area is 112 Å². The molecule has 0 saturated carbocycles. The smallest absolute Gasteiger partial charge is 0.231 e. The van der Waals surface area contributed by atoms with Crippen LogP contribution in [-0.4, -0.2) is 28.9 Å². The monoisotopic (exact) mass is 270 g/mol. The fourth-order valence-electron chi connectivity index (χ4n) is 1.75. The van der Waals surface area contributed by atoms with E-state index in [1.165, 1.54) is 0 Å². The fourth-order valence-corrected chi connectivity index (χ4v) is 1.91. The van der Waals surface area contributed by atoms with Crippen LogP contribution in [-0.2, 0) is 11.3 Å². The van der Waals surface area contributed by atoms with E-state index >= 15 is 0 Å². The van der Waals surface area contributed by atoms with Crippen LogP contribution in [0.15, 0.2) is 12.1 Å². The average molecular weight is 271 g/mol. The third-order valence-electron chi connectivity index (χ3n) is 2.32. The topological polar surface area (TPSA) is 85.2 Å². The van der Waals surface area contributed by atoms with Crippen LogP contribution < -0.4 is 11.5 Å². The van der Waals surface area contributed by atoms with Crippen LogP contribution in [0.1, 0.15) is 19.5 Å². The molecule has 1 aromatic heterocycles. The summed E-state index contributed by atoms with van der Waals surface area (Å²) in [6.07, 6.45) is 0. The van der Waals surface area contributed by atoms with Gasteiger partial charge in [0, 0.05) is 13.1 Å². The standard InChI is InChI=1S/C12H19ClN4O/c1-8(2)5-17(7-12(15)18)6-10-9(13)3-4-11(14)16-10/h3-4,8H,5-7H2,1-2H3,(H2,14,16)(H2,15,18). The maximum atomic E-state index is 11.0. The Morgan fingerprint density at radius 1 is 1.50 bits per heavy atom. The highest BCUT2D eigenvalue weighted by molar-refractivity contribution is 6.31. The van der Waals surface area contributed by atoms with Crippen LogP contribution >= 0.6 is 11.6 Å². The van der Waals surface area contributed by atoms with Gasteiger partial charge in [0.1, 0.15) is 5.82 Å². The van der Waals surface area contributed by atoms with Gasteiger partial charge in [-0.1, -0.05) is 25.4 Å². The Kier molecular flexibility index (Phi) is 5.37. The number of halogens is 1. The number of amides is 1. The fraction of sp³-hybridized carbons (Fsp3) is 0.500. The number of carbonyl (C=O) groups is 1. The van der Waals surface area contributed by atoms with Crippen molar-refractivity contribution in [1.82, 2.24) is 9.88 Å². The van der Waals surface area contributed by atoms with Crippen molar-refractivity contribution < 1.29 is 4.79 Å². The normalized spacial score (nSPS) is 11.2. The van der Waals surface area contributed by atoms with Crippen molar-refractivity contribution in [3.63, 3.8) is 0 Å². The minimum Gasteiger partial charge on any atom is -0.384 e. The highest BCUT2D eigenvalue weighted by Gasteiger charge is 2.13. The lowest BCUT2D eigenvalue weighted by atomic mass is 10.2. The Morgan fingerprint density at radius 3 is 2.72 bits per heavy atom. The van der Waals surface area contributed by atoms with Gasteiger partial charge >= 0.3 is 0 Å². The third kappa shape index (κ3) is 4.89. The van der Waals surface area contributed by atoms with E-state index in [2.05, 4.69) is 18.8 Å². The molecular weight excluding hydrogens is 252 g/mol. The zero-order valence-corrected chi connectivity index (χ0v) is 11.4. The summed E-state index contributed by atoms with van der Waals surface area (Å²) < 4.78 is 0. The van der Waals surface area contributed by atoms with Gasteiger partial charge in [0.05, 0.1) is 17.3 Å². The first kappa shape index (κ1) is 14.7. The first-order valence-electron chi connectivity index (χ1n) is 5.80. The van der Waals surface area contributed by atoms with E-state index in [4.69, 9.17) is 23.1 Å². The Hall–Kier alpha value is -1.33. The molecule has 4 N–H and O–H groups in total. The van der Waals surface area contributed by atoms with Crippen LogP contribution in [0.4, 0.5) is 5.82 Å². The van der Waals surface area contributed by atoms with Crippen molar-refractivity contribution >= 4 is 23.3 Å². The number of pyridine rings is 1. The van der Waals surface area contributed by atoms with Gasteiger partial charge in [-0.2, -0.15) is 0 Å². The predicted molar refractivity (Wildman–Crippen MR) is 73.0 cm³/mol. The van der Waals surface area contributed by atoms with Crippen molar-refractivity contribution in [2.45, 2.75) is 20.4 Å². The molecular formula is C12H19ClN4O. The summed E-state index contributed by atoms with van der Waals surface area (Å²) >= 11 is 6.05. The average Bonchev–Trinajstić information content (AvgIpc) is 2.21. The zero-order chi connectivity index (χ0) is 13.7. The van der Waals surface area contributed by atoms with Crippen LogP contribution in [0, 0.1) is 5.92 Å². The highest BCUT2D eigenvalue weighted by Crippen LogP contribution is 2.17. The summed E-state index contributed by atoms with van der Waals surface area (Å²) in [5.74, 6) is 0.470. The number of anilines is 1. The molecule has 1 heterocycles. The molecule has 1 rings (SSSR count). The lowest BCUT2D eigenvalue weighted by molar-refractivity contribution is -0.119. The van der Waals surface area contributed by atoms with E-state index in [1.54, 1.807) is 12.1 Å². The van der Waals surface area contributed by atoms with Gasteiger partial charge in [-0.3, -0.25) is 9.69 Å². The van der Waals surface area contributed by atoms with Gasteiger partial charge in [-0.15, -0.1) is 0 Å². The molecule has 100 valence electrons. The summed E-state index contributed by atoms with van der Waals surface area (Å²) in [7, 11) is 0. The Balaban J connectivity index is 2.81. The van der Waals surface area contributed by atoms with Gasteiger partial charge in [-0.25, -0.2) is 4.98 Å². The molecule has 0 atom stereocenters. The van der Waals surface area contributed by atoms with E-state index in [0.717, 1.165) is 6.54 Å². The second-order valence-electron chi connectivity index (χ2n) is 4.69. The summed E-state index contributed by atoms with van der Waals surface area (Å²) in [4.78, 5) is 17.1. The summed E-state index contributed by atoms with van der Waals surface area (Å²) in [5, 5.41) is 0.544. The number of nitrogens with zero attached hydrogens (tertiary/aromatic N) is 2.